The Morgan fingerprint density at radius 2 is 1.92 bits per heavy atom. The van der Waals surface area contributed by atoms with E-state index in [1.54, 1.807) is 0 Å². The molecule has 2 rings (SSSR count). The fraction of sp³-hybridized carbons (Fsp3) is 1.00. The van der Waals surface area contributed by atoms with Gasteiger partial charge in [-0.2, -0.15) is 0 Å². The number of piperidine rings is 1. The van der Waals surface area contributed by atoms with Crippen LogP contribution in [0.3, 0.4) is 0 Å². The lowest BCUT2D eigenvalue weighted by Gasteiger charge is -2.45. The molecule has 0 saturated carbocycles. The third kappa shape index (κ3) is 1.78. The van der Waals surface area contributed by atoms with Gasteiger partial charge in [0.15, 0.2) is 0 Å². The molecule has 2 aliphatic rings. The summed E-state index contributed by atoms with van der Waals surface area (Å²) < 4.78 is 1.20. The number of quaternary nitrogens is 1. The van der Waals surface area contributed by atoms with E-state index in [1.165, 1.54) is 42.7 Å². The quantitative estimate of drug-likeness (QED) is 0.573. The van der Waals surface area contributed by atoms with E-state index in [-0.39, 0.29) is 6.10 Å². The number of nitrogens with zero attached hydrogens (tertiary/aromatic N) is 1. The zero-order chi connectivity index (χ0) is 8.44. The summed E-state index contributed by atoms with van der Waals surface area (Å²) in [4.78, 5) is 0. The Labute approximate surface area is 78.5 Å². The molecule has 1 atom stereocenters. The normalized spacial score (nSPS) is 35.2. The molecule has 12 heavy (non-hydrogen) atoms. The summed E-state index contributed by atoms with van der Waals surface area (Å²) in [6.45, 7) is 3.64. The molecule has 2 saturated heterocycles. The second-order valence-corrected chi connectivity index (χ2v) is 5.19. The maximum atomic E-state index is 9.59. The van der Waals surface area contributed by atoms with Gasteiger partial charge in [-0.05, 0) is 19.3 Å². The van der Waals surface area contributed by atoms with Gasteiger partial charge in [0.2, 0.25) is 0 Å². The number of hydrogen-bond donors (Lipinski definition) is 1. The average molecular weight is 188 g/mol. The predicted molar refractivity (Wildman–Crippen MR) is 52.0 cm³/mol. The van der Waals surface area contributed by atoms with Crippen molar-refractivity contribution in [3.8, 4) is 0 Å². The van der Waals surface area contributed by atoms with E-state index in [0.29, 0.717) is 0 Å². The Balaban J connectivity index is 1.97. The number of rotatable bonds is 0. The fourth-order valence-electron chi connectivity index (χ4n) is 2.43. The van der Waals surface area contributed by atoms with Crippen LogP contribution in [0.2, 0.25) is 0 Å². The van der Waals surface area contributed by atoms with Gasteiger partial charge >= 0.3 is 0 Å². The van der Waals surface area contributed by atoms with Crippen molar-refractivity contribution in [2.45, 2.75) is 25.4 Å². The molecular formula is C9H18NOS+. The Morgan fingerprint density at radius 1 is 1.17 bits per heavy atom. The Hall–Kier alpha value is 0.270. The van der Waals surface area contributed by atoms with Gasteiger partial charge in [-0.3, -0.25) is 0 Å². The zero-order valence-electron chi connectivity index (χ0n) is 7.54. The summed E-state index contributed by atoms with van der Waals surface area (Å²) in [5.74, 6) is 2.21. The molecule has 2 nitrogen and oxygen atoms in total. The van der Waals surface area contributed by atoms with Crippen LogP contribution < -0.4 is 0 Å². The number of hydrogen-bond acceptors (Lipinski definition) is 2. The van der Waals surface area contributed by atoms with Crippen LogP contribution >= 0.6 is 11.8 Å². The molecule has 0 amide bonds. The molecule has 0 bridgehead atoms. The third-order valence-corrected chi connectivity index (χ3v) is 4.39. The Kier molecular flexibility index (Phi) is 2.63. The first kappa shape index (κ1) is 8.85. The van der Waals surface area contributed by atoms with Gasteiger partial charge in [0.25, 0.3) is 0 Å². The molecule has 0 aromatic heterocycles. The number of aliphatic hydroxyl groups is 1. The minimum absolute atomic E-state index is 0.0400. The first-order valence-electron chi connectivity index (χ1n) is 4.92. The van der Waals surface area contributed by atoms with E-state index >= 15 is 0 Å². The molecule has 0 aromatic carbocycles. The van der Waals surface area contributed by atoms with Gasteiger partial charge in [0, 0.05) is 5.75 Å². The van der Waals surface area contributed by atoms with Gasteiger partial charge < -0.3 is 9.59 Å². The molecule has 2 heterocycles. The van der Waals surface area contributed by atoms with E-state index in [9.17, 15) is 5.11 Å². The van der Waals surface area contributed by atoms with E-state index in [2.05, 4.69) is 0 Å². The highest BCUT2D eigenvalue weighted by Gasteiger charge is 2.35. The van der Waals surface area contributed by atoms with Gasteiger partial charge in [0.05, 0.1) is 13.1 Å². The minimum atomic E-state index is -0.0400. The van der Waals surface area contributed by atoms with Gasteiger partial charge in [-0.25, -0.2) is 0 Å². The van der Waals surface area contributed by atoms with Crippen molar-refractivity contribution in [3.63, 3.8) is 0 Å². The second-order valence-electron chi connectivity index (χ2n) is 4.19. The summed E-state index contributed by atoms with van der Waals surface area (Å²) in [5.41, 5.74) is 0. The fourth-order valence-corrected chi connectivity index (χ4v) is 3.66. The predicted octanol–water partition coefficient (Wildman–Crippen LogP) is 1.05. The van der Waals surface area contributed by atoms with Gasteiger partial charge in [-0.15, -0.1) is 0 Å². The van der Waals surface area contributed by atoms with Crippen LogP contribution in [0.1, 0.15) is 19.3 Å². The lowest BCUT2D eigenvalue weighted by Crippen LogP contribution is -2.57. The SMILES string of the molecule is OC1CSC[N+]2(CCCCC2)C1. The topological polar surface area (TPSA) is 20.2 Å². The Morgan fingerprint density at radius 3 is 2.58 bits per heavy atom. The molecule has 1 unspecified atom stereocenters. The van der Waals surface area contributed by atoms with E-state index in [1.807, 2.05) is 11.8 Å². The summed E-state index contributed by atoms with van der Waals surface area (Å²) in [6.07, 6.45) is 4.10. The molecule has 1 N–H and O–H groups in total. The average Bonchev–Trinajstić information content (AvgIpc) is 2.05. The molecule has 1 spiro atoms. The Bertz CT molecular complexity index is 151. The van der Waals surface area contributed by atoms with Crippen LogP contribution in [0.15, 0.2) is 0 Å². The molecule has 70 valence electrons. The highest BCUT2D eigenvalue weighted by Crippen LogP contribution is 2.27. The van der Waals surface area contributed by atoms with Crippen LogP contribution in [-0.2, 0) is 0 Å². The van der Waals surface area contributed by atoms with Crippen LogP contribution in [-0.4, -0.2) is 47.0 Å². The molecule has 0 radical (unpaired) electrons. The third-order valence-electron chi connectivity index (χ3n) is 3.04. The van der Waals surface area contributed by atoms with Crippen LogP contribution in [0.4, 0.5) is 0 Å². The minimum Gasteiger partial charge on any atom is -0.386 e. The zero-order valence-corrected chi connectivity index (χ0v) is 8.35. The maximum Gasteiger partial charge on any atom is 0.126 e. The largest absolute Gasteiger partial charge is 0.386 e. The molecular weight excluding hydrogens is 170 g/mol. The van der Waals surface area contributed by atoms with Gasteiger partial charge in [-0.1, -0.05) is 11.8 Å². The molecule has 2 aliphatic heterocycles. The van der Waals surface area contributed by atoms with Crippen molar-refractivity contribution >= 4 is 11.8 Å². The van der Waals surface area contributed by atoms with Crippen LogP contribution in [0, 0.1) is 0 Å². The van der Waals surface area contributed by atoms with Crippen molar-refractivity contribution in [1.29, 1.82) is 0 Å². The smallest absolute Gasteiger partial charge is 0.126 e. The molecule has 2 fully saturated rings. The summed E-state index contributed by atoms with van der Waals surface area (Å²) >= 11 is 1.93. The molecule has 3 heteroatoms. The van der Waals surface area contributed by atoms with E-state index < -0.39 is 0 Å². The van der Waals surface area contributed by atoms with Crippen molar-refractivity contribution in [2.75, 3.05) is 31.3 Å². The van der Waals surface area contributed by atoms with Crippen LogP contribution in [0.25, 0.3) is 0 Å². The number of thioether (sulfide) groups is 1. The standard InChI is InChI=1S/C9H18NOS/c11-9-6-10(8-12-7-9)4-2-1-3-5-10/h9,11H,1-8H2/q+1. The maximum absolute atomic E-state index is 9.59. The number of aliphatic hydroxyl groups excluding tert-OH is 1. The van der Waals surface area contributed by atoms with Crippen molar-refractivity contribution in [2.24, 2.45) is 0 Å². The first-order valence-corrected chi connectivity index (χ1v) is 6.07. The van der Waals surface area contributed by atoms with Crippen molar-refractivity contribution in [1.82, 2.24) is 0 Å². The summed E-state index contributed by atoms with van der Waals surface area (Å²) in [5, 5.41) is 9.59. The molecule has 0 aliphatic carbocycles. The highest BCUT2D eigenvalue weighted by molar-refractivity contribution is 7.99. The molecule has 0 aromatic rings. The second kappa shape index (κ2) is 3.56. The monoisotopic (exact) mass is 188 g/mol. The van der Waals surface area contributed by atoms with Crippen molar-refractivity contribution in [3.05, 3.63) is 0 Å². The first-order chi connectivity index (χ1) is 5.81. The summed E-state index contributed by atoms with van der Waals surface area (Å²) in [7, 11) is 0. The van der Waals surface area contributed by atoms with E-state index in [4.69, 9.17) is 0 Å². The lowest BCUT2D eigenvalue weighted by atomic mass is 10.1. The van der Waals surface area contributed by atoms with Crippen molar-refractivity contribution < 1.29 is 9.59 Å². The van der Waals surface area contributed by atoms with Gasteiger partial charge in [0.1, 0.15) is 18.5 Å². The van der Waals surface area contributed by atoms with Crippen LogP contribution in [0.5, 0.6) is 0 Å². The van der Waals surface area contributed by atoms with E-state index in [0.717, 1.165) is 12.3 Å². The summed E-state index contributed by atoms with van der Waals surface area (Å²) in [6, 6.07) is 0. The lowest BCUT2D eigenvalue weighted by molar-refractivity contribution is -0.924. The highest BCUT2D eigenvalue weighted by atomic mass is 32.2.